The molecule has 0 saturated carbocycles. The normalized spacial score (nSPS) is 11.9. The van der Waals surface area contributed by atoms with Crippen molar-refractivity contribution >= 4 is 17.3 Å². The van der Waals surface area contributed by atoms with Gasteiger partial charge in [0.25, 0.3) is 0 Å². The van der Waals surface area contributed by atoms with E-state index < -0.39 is 22.7 Å². The average molecular weight is 278 g/mol. The van der Waals surface area contributed by atoms with Crippen LogP contribution in [0.2, 0.25) is 0 Å². The number of hydrogen-bond donors (Lipinski definition) is 1. The van der Waals surface area contributed by atoms with E-state index in [9.17, 15) is 19.3 Å². The van der Waals surface area contributed by atoms with E-state index in [-0.39, 0.29) is 5.69 Å². The van der Waals surface area contributed by atoms with E-state index in [1.54, 1.807) is 6.07 Å². The molecule has 7 nitrogen and oxygen atoms in total. The van der Waals surface area contributed by atoms with Crippen LogP contribution in [0.15, 0.2) is 36.7 Å². The first-order valence-electron chi connectivity index (χ1n) is 5.72. The molecule has 0 radical (unpaired) electrons. The van der Waals surface area contributed by atoms with Gasteiger partial charge in [-0.15, -0.1) is 0 Å². The maximum absolute atomic E-state index is 13.0. The highest BCUT2D eigenvalue weighted by molar-refractivity contribution is 5.93. The first-order valence-corrected chi connectivity index (χ1v) is 5.72. The summed E-state index contributed by atoms with van der Waals surface area (Å²) in [5, 5.41) is 16.8. The number of anilines is 1. The van der Waals surface area contributed by atoms with Crippen LogP contribution in [0, 0.1) is 15.9 Å². The topological polar surface area (TPSA) is 90.1 Å². The molecule has 0 unspecified atom stereocenters. The first-order chi connectivity index (χ1) is 9.47. The van der Waals surface area contributed by atoms with Gasteiger partial charge in [0.2, 0.25) is 5.91 Å². The van der Waals surface area contributed by atoms with Gasteiger partial charge in [0.1, 0.15) is 24.3 Å². The fraction of sp³-hybridized carbons (Fsp3) is 0.167. The standard InChI is InChI=1S/C12H11FN4O3/c1-8(16-7-11(6-14-16)17(19)20)12(18)15-10-4-2-3-9(13)5-10/h2-8H,1H3,(H,15,18)/t8-/m1/s1. The molecular weight excluding hydrogens is 267 g/mol. The molecule has 0 bridgehead atoms. The average Bonchev–Trinajstić information content (AvgIpc) is 2.87. The van der Waals surface area contributed by atoms with Crippen LogP contribution >= 0.6 is 0 Å². The molecule has 0 aliphatic heterocycles. The summed E-state index contributed by atoms with van der Waals surface area (Å²) in [5.74, 6) is -0.918. The molecule has 20 heavy (non-hydrogen) atoms. The molecule has 0 saturated heterocycles. The zero-order valence-corrected chi connectivity index (χ0v) is 10.5. The van der Waals surface area contributed by atoms with Crippen molar-refractivity contribution in [2.24, 2.45) is 0 Å². The molecule has 1 N–H and O–H groups in total. The number of nitro groups is 1. The molecule has 1 aromatic carbocycles. The molecule has 0 fully saturated rings. The van der Waals surface area contributed by atoms with E-state index in [1.807, 2.05) is 0 Å². The Balaban J connectivity index is 2.10. The SMILES string of the molecule is C[C@H](C(=O)Nc1cccc(F)c1)n1cc([N+](=O)[O-])cn1. The van der Waals surface area contributed by atoms with E-state index in [2.05, 4.69) is 10.4 Å². The van der Waals surface area contributed by atoms with Crippen LogP contribution in [-0.2, 0) is 4.79 Å². The summed E-state index contributed by atoms with van der Waals surface area (Å²) in [6.07, 6.45) is 2.22. The number of carbonyl (C=O) groups is 1. The second-order valence-electron chi connectivity index (χ2n) is 4.11. The van der Waals surface area contributed by atoms with Crippen LogP contribution in [0.25, 0.3) is 0 Å². The predicted octanol–water partition coefficient (Wildman–Crippen LogP) is 2.13. The highest BCUT2D eigenvalue weighted by Gasteiger charge is 2.19. The van der Waals surface area contributed by atoms with Crippen LogP contribution in [0.1, 0.15) is 13.0 Å². The van der Waals surface area contributed by atoms with Gasteiger partial charge in [-0.25, -0.2) is 4.39 Å². The second-order valence-corrected chi connectivity index (χ2v) is 4.11. The predicted molar refractivity (Wildman–Crippen MR) is 68.6 cm³/mol. The highest BCUT2D eigenvalue weighted by atomic mass is 19.1. The minimum Gasteiger partial charge on any atom is -0.324 e. The number of rotatable bonds is 4. The van der Waals surface area contributed by atoms with Crippen molar-refractivity contribution in [2.45, 2.75) is 13.0 Å². The Morgan fingerprint density at radius 2 is 2.30 bits per heavy atom. The fourth-order valence-corrected chi connectivity index (χ4v) is 1.57. The number of nitrogens with zero attached hydrogens (tertiary/aromatic N) is 3. The number of amides is 1. The summed E-state index contributed by atoms with van der Waals surface area (Å²) in [6, 6.07) is 4.69. The summed E-state index contributed by atoms with van der Waals surface area (Å²) in [5.41, 5.74) is 0.110. The lowest BCUT2D eigenvalue weighted by atomic mass is 10.2. The zero-order chi connectivity index (χ0) is 14.7. The Morgan fingerprint density at radius 3 is 2.90 bits per heavy atom. The maximum atomic E-state index is 13.0. The summed E-state index contributed by atoms with van der Waals surface area (Å²) in [6.45, 7) is 1.53. The lowest BCUT2D eigenvalue weighted by molar-refractivity contribution is -0.385. The molecule has 0 spiro atoms. The maximum Gasteiger partial charge on any atom is 0.307 e. The van der Waals surface area contributed by atoms with Crippen LogP contribution < -0.4 is 5.32 Å². The quantitative estimate of drug-likeness (QED) is 0.685. The summed E-state index contributed by atoms with van der Waals surface area (Å²) >= 11 is 0. The van der Waals surface area contributed by atoms with Crippen molar-refractivity contribution < 1.29 is 14.1 Å². The largest absolute Gasteiger partial charge is 0.324 e. The fourth-order valence-electron chi connectivity index (χ4n) is 1.57. The highest BCUT2D eigenvalue weighted by Crippen LogP contribution is 2.15. The Kier molecular flexibility index (Phi) is 3.74. The number of benzene rings is 1. The second kappa shape index (κ2) is 5.47. The van der Waals surface area contributed by atoms with Crippen molar-refractivity contribution in [3.8, 4) is 0 Å². The van der Waals surface area contributed by atoms with Gasteiger partial charge in [-0.2, -0.15) is 5.10 Å². The molecule has 1 amide bonds. The first kappa shape index (κ1) is 13.7. The van der Waals surface area contributed by atoms with Gasteiger partial charge >= 0.3 is 5.69 Å². The molecule has 8 heteroatoms. The minimum absolute atomic E-state index is 0.199. The Bertz CT molecular complexity index is 656. The monoisotopic (exact) mass is 278 g/mol. The van der Waals surface area contributed by atoms with Gasteiger partial charge in [0.15, 0.2) is 0 Å². The van der Waals surface area contributed by atoms with E-state index in [0.29, 0.717) is 5.69 Å². The van der Waals surface area contributed by atoms with Gasteiger partial charge in [0, 0.05) is 5.69 Å². The lowest BCUT2D eigenvalue weighted by Crippen LogP contribution is -2.24. The van der Waals surface area contributed by atoms with Crippen molar-refractivity contribution in [2.75, 3.05) is 5.32 Å². The molecule has 0 aliphatic rings. The van der Waals surface area contributed by atoms with Gasteiger partial charge in [-0.3, -0.25) is 19.6 Å². The minimum atomic E-state index is -0.757. The van der Waals surface area contributed by atoms with Gasteiger partial charge in [0.05, 0.1) is 4.92 Å². The van der Waals surface area contributed by atoms with Crippen molar-refractivity contribution in [3.63, 3.8) is 0 Å². The van der Waals surface area contributed by atoms with Crippen molar-refractivity contribution in [3.05, 3.63) is 52.6 Å². The number of hydrogen-bond acceptors (Lipinski definition) is 4. The summed E-state index contributed by atoms with van der Waals surface area (Å²) in [7, 11) is 0. The third-order valence-electron chi connectivity index (χ3n) is 2.67. The smallest absolute Gasteiger partial charge is 0.307 e. The van der Waals surface area contributed by atoms with Gasteiger partial charge in [-0.05, 0) is 25.1 Å². The van der Waals surface area contributed by atoms with Crippen LogP contribution in [0.3, 0.4) is 0 Å². The third-order valence-corrected chi connectivity index (χ3v) is 2.67. The van der Waals surface area contributed by atoms with Crippen LogP contribution in [0.4, 0.5) is 15.8 Å². The zero-order valence-electron chi connectivity index (χ0n) is 10.5. The molecule has 2 rings (SSSR count). The number of halogens is 1. The van der Waals surface area contributed by atoms with E-state index >= 15 is 0 Å². The molecule has 2 aromatic rings. The molecule has 0 aliphatic carbocycles. The third kappa shape index (κ3) is 2.97. The summed E-state index contributed by atoms with van der Waals surface area (Å²) in [4.78, 5) is 21.9. The van der Waals surface area contributed by atoms with Crippen molar-refractivity contribution in [1.29, 1.82) is 0 Å². The molecular formula is C12H11FN4O3. The van der Waals surface area contributed by atoms with Gasteiger partial charge in [-0.1, -0.05) is 6.07 Å². The Labute approximate surface area is 113 Å². The van der Waals surface area contributed by atoms with E-state index in [0.717, 1.165) is 12.4 Å². The Morgan fingerprint density at radius 1 is 1.55 bits per heavy atom. The van der Waals surface area contributed by atoms with Crippen LogP contribution in [-0.4, -0.2) is 20.6 Å². The Hall–Kier alpha value is -2.77. The summed E-state index contributed by atoms with van der Waals surface area (Å²) < 4.78 is 14.2. The number of aromatic nitrogens is 2. The molecule has 1 atom stereocenters. The van der Waals surface area contributed by atoms with Crippen molar-refractivity contribution in [1.82, 2.24) is 9.78 Å². The lowest BCUT2D eigenvalue weighted by Gasteiger charge is -2.12. The molecule has 104 valence electrons. The van der Waals surface area contributed by atoms with E-state index in [4.69, 9.17) is 0 Å². The van der Waals surface area contributed by atoms with Crippen LogP contribution in [0.5, 0.6) is 0 Å². The molecule has 1 heterocycles. The molecule has 1 aromatic heterocycles. The van der Waals surface area contributed by atoms with E-state index in [1.165, 1.54) is 29.8 Å². The number of nitrogens with one attached hydrogen (secondary N) is 1. The van der Waals surface area contributed by atoms with Gasteiger partial charge < -0.3 is 5.32 Å². The number of carbonyl (C=O) groups excluding carboxylic acids is 1.